The molecule has 0 spiro atoms. The fourth-order valence-corrected chi connectivity index (χ4v) is 2.95. The van der Waals surface area contributed by atoms with Crippen LogP contribution in [-0.2, 0) is 0 Å². The van der Waals surface area contributed by atoms with E-state index in [2.05, 4.69) is 22.9 Å². The van der Waals surface area contributed by atoms with E-state index in [9.17, 15) is 4.79 Å². The molecule has 76 valence electrons. The molecule has 14 heavy (non-hydrogen) atoms. The summed E-state index contributed by atoms with van der Waals surface area (Å²) in [5.74, 6) is 0.178. The molecule has 2 rings (SSSR count). The van der Waals surface area contributed by atoms with Crippen molar-refractivity contribution in [2.75, 3.05) is 6.54 Å². The van der Waals surface area contributed by atoms with Crippen LogP contribution in [0, 0.1) is 0 Å². The standard InChI is InChI=1S/C10H12BrNOS/c1-7-3-2-4-12(7)10(13)8-5-9(11)14-6-8/h5-7H,2-4H2,1H3. The van der Waals surface area contributed by atoms with Crippen LogP contribution in [0.15, 0.2) is 15.2 Å². The molecule has 1 saturated heterocycles. The molecule has 0 radical (unpaired) electrons. The van der Waals surface area contributed by atoms with Gasteiger partial charge >= 0.3 is 0 Å². The molecule has 1 aliphatic heterocycles. The molecule has 1 aromatic heterocycles. The third-order valence-corrected chi connectivity index (χ3v) is 4.13. The van der Waals surface area contributed by atoms with E-state index in [-0.39, 0.29) is 5.91 Å². The SMILES string of the molecule is CC1CCCN1C(=O)c1csc(Br)c1. The third-order valence-electron chi connectivity index (χ3n) is 2.63. The minimum absolute atomic E-state index is 0.178. The van der Waals surface area contributed by atoms with Crippen LogP contribution in [0.25, 0.3) is 0 Å². The summed E-state index contributed by atoms with van der Waals surface area (Å²) in [6, 6.07) is 2.30. The Morgan fingerprint density at radius 3 is 3.00 bits per heavy atom. The van der Waals surface area contributed by atoms with Crippen molar-refractivity contribution in [3.05, 3.63) is 20.8 Å². The van der Waals surface area contributed by atoms with Gasteiger partial charge in [0, 0.05) is 18.0 Å². The normalized spacial score (nSPS) is 21.6. The number of likely N-dealkylation sites (tertiary alicyclic amines) is 1. The Balaban J connectivity index is 2.15. The molecule has 1 aromatic rings. The summed E-state index contributed by atoms with van der Waals surface area (Å²) in [6.45, 7) is 3.03. The highest BCUT2D eigenvalue weighted by Gasteiger charge is 2.26. The van der Waals surface area contributed by atoms with Gasteiger partial charge in [-0.1, -0.05) is 0 Å². The molecule has 0 bridgehead atoms. The lowest BCUT2D eigenvalue weighted by atomic mass is 10.2. The highest BCUT2D eigenvalue weighted by Crippen LogP contribution is 2.25. The fourth-order valence-electron chi connectivity index (χ4n) is 1.82. The van der Waals surface area contributed by atoms with Gasteiger partial charge in [-0.15, -0.1) is 11.3 Å². The lowest BCUT2D eigenvalue weighted by Crippen LogP contribution is -2.33. The van der Waals surface area contributed by atoms with Crippen LogP contribution in [0.4, 0.5) is 0 Å². The quantitative estimate of drug-likeness (QED) is 0.770. The van der Waals surface area contributed by atoms with E-state index in [1.54, 1.807) is 11.3 Å². The van der Waals surface area contributed by atoms with E-state index in [1.165, 1.54) is 0 Å². The molecule has 1 amide bonds. The van der Waals surface area contributed by atoms with Gasteiger partial charge in [-0.25, -0.2) is 0 Å². The summed E-state index contributed by atoms with van der Waals surface area (Å²) in [7, 11) is 0. The summed E-state index contributed by atoms with van der Waals surface area (Å²) >= 11 is 4.93. The first-order valence-corrected chi connectivity index (χ1v) is 6.41. The number of carbonyl (C=O) groups excluding carboxylic acids is 1. The second kappa shape index (κ2) is 4.03. The van der Waals surface area contributed by atoms with E-state index in [0.29, 0.717) is 6.04 Å². The Bertz CT molecular complexity index is 350. The van der Waals surface area contributed by atoms with Crippen LogP contribution in [0.5, 0.6) is 0 Å². The van der Waals surface area contributed by atoms with Gasteiger partial charge in [0.15, 0.2) is 0 Å². The van der Waals surface area contributed by atoms with E-state index in [1.807, 2.05) is 16.3 Å². The highest BCUT2D eigenvalue weighted by atomic mass is 79.9. The van der Waals surface area contributed by atoms with Crippen molar-refractivity contribution in [2.24, 2.45) is 0 Å². The molecular formula is C10H12BrNOS. The summed E-state index contributed by atoms with van der Waals surface area (Å²) in [5.41, 5.74) is 0.815. The minimum Gasteiger partial charge on any atom is -0.336 e. The van der Waals surface area contributed by atoms with Crippen molar-refractivity contribution in [2.45, 2.75) is 25.8 Å². The van der Waals surface area contributed by atoms with Crippen LogP contribution < -0.4 is 0 Å². The van der Waals surface area contributed by atoms with Gasteiger partial charge in [0.2, 0.25) is 0 Å². The average molecular weight is 274 g/mol. The maximum atomic E-state index is 12.0. The van der Waals surface area contributed by atoms with E-state index in [0.717, 1.165) is 28.7 Å². The zero-order valence-corrected chi connectivity index (χ0v) is 10.4. The molecule has 4 heteroatoms. The molecule has 0 N–H and O–H groups in total. The Hall–Kier alpha value is -0.350. The van der Waals surface area contributed by atoms with Gasteiger partial charge in [-0.2, -0.15) is 0 Å². The first-order valence-electron chi connectivity index (χ1n) is 4.73. The number of halogens is 1. The zero-order valence-electron chi connectivity index (χ0n) is 8.00. The second-order valence-corrected chi connectivity index (χ2v) is 5.92. The minimum atomic E-state index is 0.178. The van der Waals surface area contributed by atoms with E-state index in [4.69, 9.17) is 0 Å². The van der Waals surface area contributed by atoms with Crippen LogP contribution in [-0.4, -0.2) is 23.4 Å². The molecule has 0 aromatic carbocycles. The van der Waals surface area contributed by atoms with Crippen molar-refractivity contribution in [3.8, 4) is 0 Å². The van der Waals surface area contributed by atoms with E-state index >= 15 is 0 Å². The highest BCUT2D eigenvalue weighted by molar-refractivity contribution is 9.11. The number of thiophene rings is 1. The van der Waals surface area contributed by atoms with Gasteiger partial charge in [0.05, 0.1) is 9.35 Å². The fraction of sp³-hybridized carbons (Fsp3) is 0.500. The smallest absolute Gasteiger partial charge is 0.254 e. The topological polar surface area (TPSA) is 20.3 Å². The maximum Gasteiger partial charge on any atom is 0.254 e. The largest absolute Gasteiger partial charge is 0.336 e. The lowest BCUT2D eigenvalue weighted by Gasteiger charge is -2.20. The van der Waals surface area contributed by atoms with Crippen LogP contribution in [0.1, 0.15) is 30.1 Å². The van der Waals surface area contributed by atoms with Gasteiger partial charge in [-0.05, 0) is 41.8 Å². The Kier molecular flexibility index (Phi) is 2.93. The van der Waals surface area contributed by atoms with Crippen LogP contribution >= 0.6 is 27.3 Å². The summed E-state index contributed by atoms with van der Waals surface area (Å²) in [4.78, 5) is 13.9. The van der Waals surface area contributed by atoms with Gasteiger partial charge in [0.1, 0.15) is 0 Å². The first kappa shape index (κ1) is 10.2. The van der Waals surface area contributed by atoms with Crippen molar-refractivity contribution in [3.63, 3.8) is 0 Å². The van der Waals surface area contributed by atoms with Crippen molar-refractivity contribution >= 4 is 33.2 Å². The molecule has 1 fully saturated rings. The average Bonchev–Trinajstić information content (AvgIpc) is 2.73. The van der Waals surface area contributed by atoms with Crippen LogP contribution in [0.3, 0.4) is 0 Å². The van der Waals surface area contributed by atoms with Gasteiger partial charge < -0.3 is 4.90 Å². The molecule has 1 aliphatic rings. The third kappa shape index (κ3) is 1.86. The Labute approximate surface area is 96.0 Å². The summed E-state index contributed by atoms with van der Waals surface area (Å²) in [5, 5.41) is 1.91. The van der Waals surface area contributed by atoms with Crippen molar-refractivity contribution < 1.29 is 4.79 Å². The number of hydrogen-bond donors (Lipinski definition) is 0. The predicted molar refractivity (Wildman–Crippen MR) is 61.8 cm³/mol. The Morgan fingerprint density at radius 1 is 1.71 bits per heavy atom. The number of carbonyl (C=O) groups is 1. The molecule has 0 saturated carbocycles. The second-order valence-electron chi connectivity index (χ2n) is 3.63. The molecule has 2 nitrogen and oxygen atoms in total. The zero-order chi connectivity index (χ0) is 10.1. The predicted octanol–water partition coefficient (Wildman–Crippen LogP) is 3.14. The summed E-state index contributed by atoms with van der Waals surface area (Å²) < 4.78 is 1.02. The van der Waals surface area contributed by atoms with Gasteiger partial charge in [0.25, 0.3) is 5.91 Å². The maximum absolute atomic E-state index is 12.0. The van der Waals surface area contributed by atoms with Crippen molar-refractivity contribution in [1.82, 2.24) is 4.90 Å². The number of nitrogens with zero attached hydrogens (tertiary/aromatic N) is 1. The molecule has 1 unspecified atom stereocenters. The molecule has 1 atom stereocenters. The Morgan fingerprint density at radius 2 is 2.50 bits per heavy atom. The number of amides is 1. The molecule has 0 aliphatic carbocycles. The number of hydrogen-bond acceptors (Lipinski definition) is 2. The number of rotatable bonds is 1. The molecular weight excluding hydrogens is 262 g/mol. The van der Waals surface area contributed by atoms with Gasteiger partial charge in [-0.3, -0.25) is 4.79 Å². The van der Waals surface area contributed by atoms with E-state index < -0.39 is 0 Å². The van der Waals surface area contributed by atoms with Crippen LogP contribution in [0.2, 0.25) is 0 Å². The lowest BCUT2D eigenvalue weighted by molar-refractivity contribution is 0.0748. The van der Waals surface area contributed by atoms with Crippen molar-refractivity contribution in [1.29, 1.82) is 0 Å². The monoisotopic (exact) mass is 273 g/mol. The first-order chi connectivity index (χ1) is 6.68. The summed E-state index contributed by atoms with van der Waals surface area (Å²) in [6.07, 6.45) is 2.27. The molecule has 2 heterocycles.